The van der Waals surface area contributed by atoms with E-state index < -0.39 is 0 Å². The maximum atomic E-state index is 10.3. The Hall–Kier alpha value is -1.86. The van der Waals surface area contributed by atoms with Gasteiger partial charge in [-0.05, 0) is 18.2 Å². The second-order valence-corrected chi connectivity index (χ2v) is 6.49. The molecule has 2 aromatic rings. The summed E-state index contributed by atoms with van der Waals surface area (Å²) >= 11 is 3.47. The van der Waals surface area contributed by atoms with E-state index in [1.807, 2.05) is 12.1 Å². The average Bonchev–Trinajstić information content (AvgIpc) is 2.59. The Balaban J connectivity index is 1.64. The second kappa shape index (κ2) is 7.14. The lowest BCUT2D eigenvalue weighted by atomic mass is 10.1. The van der Waals surface area contributed by atoms with Crippen molar-refractivity contribution in [1.82, 2.24) is 9.97 Å². The number of aromatic nitrogens is 2. The molecule has 0 atom stereocenters. The number of hydrogen-bond acceptors (Lipinski definition) is 5. The molecule has 2 N–H and O–H groups in total. The summed E-state index contributed by atoms with van der Waals surface area (Å²) in [6.45, 7) is 4.54. The lowest BCUT2D eigenvalue weighted by Gasteiger charge is -2.32. The van der Waals surface area contributed by atoms with Gasteiger partial charge in [0.15, 0.2) is 11.5 Å². The van der Waals surface area contributed by atoms with Crippen LogP contribution in [0.15, 0.2) is 35.1 Å². The first-order valence-electron chi connectivity index (χ1n) is 7.58. The van der Waals surface area contributed by atoms with Gasteiger partial charge in [0.05, 0.1) is 38.9 Å². The topological polar surface area (TPSA) is 62.9 Å². The SMILES string of the molecule is COc1cc(Br)cc(C[NH+]2CCN(c3ncccn3)CC2)c1O. The van der Waals surface area contributed by atoms with Gasteiger partial charge in [-0.15, -0.1) is 0 Å². The standard InChI is InChI=1S/C16H19BrN4O2/c1-23-14-10-13(17)9-12(15(14)22)11-20-5-7-21(8-6-20)16-18-3-2-4-19-16/h2-4,9-10,22H,5-8,11H2,1H3/p+1. The average molecular weight is 380 g/mol. The summed E-state index contributed by atoms with van der Waals surface area (Å²) in [5.41, 5.74) is 0.899. The van der Waals surface area contributed by atoms with Crippen LogP contribution in [-0.2, 0) is 6.54 Å². The zero-order valence-corrected chi connectivity index (χ0v) is 14.6. The van der Waals surface area contributed by atoms with Gasteiger partial charge in [0.25, 0.3) is 0 Å². The number of aromatic hydroxyl groups is 1. The number of ether oxygens (including phenoxy) is 1. The first-order chi connectivity index (χ1) is 11.2. The molecule has 0 amide bonds. The highest BCUT2D eigenvalue weighted by Crippen LogP contribution is 2.33. The van der Waals surface area contributed by atoms with Crippen LogP contribution >= 0.6 is 15.9 Å². The summed E-state index contributed by atoms with van der Waals surface area (Å²) in [5.74, 6) is 1.53. The van der Waals surface area contributed by atoms with Gasteiger partial charge in [0, 0.05) is 16.9 Å². The predicted molar refractivity (Wildman–Crippen MR) is 91.0 cm³/mol. The number of halogens is 1. The van der Waals surface area contributed by atoms with Crippen molar-refractivity contribution in [2.45, 2.75) is 6.54 Å². The summed E-state index contributed by atoms with van der Waals surface area (Å²) in [4.78, 5) is 12.2. The fraction of sp³-hybridized carbons (Fsp3) is 0.375. The Morgan fingerprint density at radius 2 is 1.96 bits per heavy atom. The third kappa shape index (κ3) is 3.73. The molecule has 0 radical (unpaired) electrons. The monoisotopic (exact) mass is 379 g/mol. The molecule has 1 aliphatic rings. The molecule has 1 aromatic carbocycles. The predicted octanol–water partition coefficient (Wildman–Crippen LogP) is 0.858. The molecule has 0 bridgehead atoms. The molecule has 1 aliphatic heterocycles. The van der Waals surface area contributed by atoms with Crippen molar-refractivity contribution in [1.29, 1.82) is 0 Å². The van der Waals surface area contributed by atoms with Crippen LogP contribution in [0, 0.1) is 0 Å². The van der Waals surface area contributed by atoms with Crippen LogP contribution in [0.25, 0.3) is 0 Å². The van der Waals surface area contributed by atoms with Crippen molar-refractivity contribution in [3.8, 4) is 11.5 Å². The maximum absolute atomic E-state index is 10.3. The third-order valence-electron chi connectivity index (χ3n) is 4.08. The number of benzene rings is 1. The maximum Gasteiger partial charge on any atom is 0.225 e. The first-order valence-corrected chi connectivity index (χ1v) is 8.37. The third-order valence-corrected chi connectivity index (χ3v) is 4.54. The largest absolute Gasteiger partial charge is 0.504 e. The van der Waals surface area contributed by atoms with E-state index in [0.29, 0.717) is 5.75 Å². The van der Waals surface area contributed by atoms with Crippen LogP contribution in [0.3, 0.4) is 0 Å². The van der Waals surface area contributed by atoms with E-state index >= 15 is 0 Å². The summed E-state index contributed by atoms with van der Waals surface area (Å²) in [6.07, 6.45) is 3.54. The Morgan fingerprint density at radius 1 is 1.26 bits per heavy atom. The number of hydrogen-bond donors (Lipinski definition) is 2. The number of nitrogens with zero attached hydrogens (tertiary/aromatic N) is 3. The molecule has 0 unspecified atom stereocenters. The molecule has 3 rings (SSSR count). The number of rotatable bonds is 4. The molecule has 23 heavy (non-hydrogen) atoms. The molecule has 6 nitrogen and oxygen atoms in total. The van der Waals surface area contributed by atoms with E-state index in [-0.39, 0.29) is 5.75 Å². The Labute approximate surface area is 143 Å². The van der Waals surface area contributed by atoms with Crippen LogP contribution in [0.1, 0.15) is 5.56 Å². The first kappa shape index (κ1) is 16.0. The fourth-order valence-electron chi connectivity index (χ4n) is 2.84. The molecular weight excluding hydrogens is 360 g/mol. The molecule has 0 spiro atoms. The zero-order valence-electron chi connectivity index (χ0n) is 13.0. The molecule has 1 aromatic heterocycles. The van der Waals surface area contributed by atoms with Gasteiger partial charge in [-0.25, -0.2) is 9.97 Å². The highest BCUT2D eigenvalue weighted by atomic mass is 79.9. The lowest BCUT2D eigenvalue weighted by Crippen LogP contribution is -3.13. The molecule has 122 valence electrons. The number of piperazine rings is 1. The van der Waals surface area contributed by atoms with E-state index in [4.69, 9.17) is 4.74 Å². The number of phenolic OH excluding ortho intramolecular Hbond substituents is 1. The quantitative estimate of drug-likeness (QED) is 0.824. The number of methoxy groups -OCH3 is 1. The number of phenols is 1. The number of anilines is 1. The Kier molecular flexibility index (Phi) is 4.97. The van der Waals surface area contributed by atoms with Crippen LogP contribution in [0.2, 0.25) is 0 Å². The lowest BCUT2D eigenvalue weighted by molar-refractivity contribution is -0.914. The van der Waals surface area contributed by atoms with Crippen molar-refractivity contribution in [3.05, 3.63) is 40.6 Å². The van der Waals surface area contributed by atoms with Crippen LogP contribution in [0.4, 0.5) is 5.95 Å². The van der Waals surface area contributed by atoms with E-state index in [2.05, 4.69) is 30.8 Å². The van der Waals surface area contributed by atoms with Crippen LogP contribution < -0.4 is 14.5 Å². The van der Waals surface area contributed by atoms with Crippen molar-refractivity contribution < 1.29 is 14.7 Å². The van der Waals surface area contributed by atoms with Gasteiger partial charge in [-0.2, -0.15) is 0 Å². The minimum Gasteiger partial charge on any atom is -0.504 e. The van der Waals surface area contributed by atoms with Crippen molar-refractivity contribution in [3.63, 3.8) is 0 Å². The Morgan fingerprint density at radius 3 is 2.61 bits per heavy atom. The minimum absolute atomic E-state index is 0.233. The van der Waals surface area contributed by atoms with Crippen molar-refractivity contribution >= 4 is 21.9 Å². The normalized spacial score (nSPS) is 15.7. The van der Waals surface area contributed by atoms with E-state index in [1.165, 1.54) is 4.90 Å². The molecule has 1 fully saturated rings. The van der Waals surface area contributed by atoms with Gasteiger partial charge in [-0.3, -0.25) is 0 Å². The van der Waals surface area contributed by atoms with Crippen LogP contribution in [-0.4, -0.2) is 48.4 Å². The minimum atomic E-state index is 0.233. The molecule has 2 heterocycles. The zero-order chi connectivity index (χ0) is 16.2. The van der Waals surface area contributed by atoms with Gasteiger partial charge < -0.3 is 19.6 Å². The van der Waals surface area contributed by atoms with E-state index in [0.717, 1.165) is 48.7 Å². The fourth-order valence-corrected chi connectivity index (χ4v) is 3.33. The van der Waals surface area contributed by atoms with Gasteiger partial charge in [-0.1, -0.05) is 15.9 Å². The highest BCUT2D eigenvalue weighted by Gasteiger charge is 2.23. The van der Waals surface area contributed by atoms with Crippen molar-refractivity contribution in [2.24, 2.45) is 0 Å². The second-order valence-electron chi connectivity index (χ2n) is 5.58. The summed E-state index contributed by atoms with van der Waals surface area (Å²) < 4.78 is 6.13. The Bertz CT molecular complexity index is 661. The van der Waals surface area contributed by atoms with Gasteiger partial charge in [0.2, 0.25) is 5.95 Å². The van der Waals surface area contributed by atoms with Gasteiger partial charge in [0.1, 0.15) is 6.54 Å². The highest BCUT2D eigenvalue weighted by molar-refractivity contribution is 9.10. The molecule has 7 heteroatoms. The van der Waals surface area contributed by atoms with E-state index in [1.54, 1.807) is 25.6 Å². The van der Waals surface area contributed by atoms with Crippen molar-refractivity contribution in [2.75, 3.05) is 38.2 Å². The summed E-state index contributed by atoms with van der Waals surface area (Å²) in [6, 6.07) is 5.56. The van der Waals surface area contributed by atoms with Crippen LogP contribution in [0.5, 0.6) is 11.5 Å². The number of nitrogens with one attached hydrogen (secondary N) is 1. The molecule has 1 saturated heterocycles. The smallest absolute Gasteiger partial charge is 0.225 e. The molecule has 0 aliphatic carbocycles. The van der Waals surface area contributed by atoms with E-state index in [9.17, 15) is 5.11 Å². The number of quaternary nitrogens is 1. The van der Waals surface area contributed by atoms with Gasteiger partial charge >= 0.3 is 0 Å². The molecule has 0 saturated carbocycles. The molecular formula is C16H20BrN4O2+. The summed E-state index contributed by atoms with van der Waals surface area (Å²) in [5, 5.41) is 10.3. The summed E-state index contributed by atoms with van der Waals surface area (Å²) in [7, 11) is 1.57.